The second-order valence-corrected chi connectivity index (χ2v) is 5.97. The van der Waals surface area contributed by atoms with E-state index in [2.05, 4.69) is 15.2 Å². The highest BCUT2D eigenvalue weighted by Gasteiger charge is 2.18. The number of rotatable bonds is 2. The van der Waals surface area contributed by atoms with Crippen LogP contribution >= 0.6 is 12.2 Å². The van der Waals surface area contributed by atoms with E-state index in [1.54, 1.807) is 12.3 Å². The van der Waals surface area contributed by atoms with Crippen LogP contribution in [0, 0.1) is 4.77 Å². The summed E-state index contributed by atoms with van der Waals surface area (Å²) in [5.41, 5.74) is 2.92. The largest absolute Gasteiger partial charge is 0.454 e. The van der Waals surface area contributed by atoms with Gasteiger partial charge in [0.2, 0.25) is 6.79 Å². The highest BCUT2D eigenvalue weighted by atomic mass is 32.1. The molecule has 1 aliphatic rings. The predicted octanol–water partition coefficient (Wildman–Crippen LogP) is 1.77. The van der Waals surface area contributed by atoms with Gasteiger partial charge in [-0.15, -0.1) is 0 Å². The van der Waals surface area contributed by atoms with Crippen LogP contribution in [0.5, 0.6) is 11.5 Å². The van der Waals surface area contributed by atoms with E-state index >= 15 is 0 Å². The van der Waals surface area contributed by atoms with Crippen LogP contribution in [0.4, 0.5) is 0 Å². The number of benzene rings is 1. The van der Waals surface area contributed by atoms with Crippen LogP contribution in [-0.4, -0.2) is 38.8 Å². The number of ether oxygens (including phenoxy) is 2. The maximum absolute atomic E-state index is 5.83. The summed E-state index contributed by atoms with van der Waals surface area (Å²) in [6.45, 7) is 0.219. The highest BCUT2D eigenvalue weighted by molar-refractivity contribution is 7.71. The first-order valence-corrected chi connectivity index (χ1v) is 7.92. The molecule has 9 heteroatoms. The second kappa shape index (κ2) is 5.22. The molecule has 5 rings (SSSR count). The van der Waals surface area contributed by atoms with Crippen LogP contribution in [0.3, 0.4) is 0 Å². The molecule has 0 unspecified atom stereocenters. The first-order valence-electron chi connectivity index (χ1n) is 7.51. The van der Waals surface area contributed by atoms with Crippen molar-refractivity contribution >= 4 is 31.2 Å². The maximum atomic E-state index is 5.83. The van der Waals surface area contributed by atoms with Crippen molar-refractivity contribution in [3.8, 4) is 28.7 Å². The van der Waals surface area contributed by atoms with Crippen molar-refractivity contribution in [2.75, 3.05) is 6.79 Å². The van der Waals surface area contributed by atoms with Gasteiger partial charge in [-0.3, -0.25) is 9.67 Å². The Hall–Kier alpha value is -3.07. The molecule has 0 spiro atoms. The molecule has 2 radical (unpaired) electrons. The summed E-state index contributed by atoms with van der Waals surface area (Å²) in [5.74, 6) is 1.99. The molecular weight excluding hydrogens is 337 g/mol. The molecule has 0 amide bonds. The Balaban J connectivity index is 1.69. The van der Waals surface area contributed by atoms with Gasteiger partial charge in [-0.2, -0.15) is 5.10 Å². The highest BCUT2D eigenvalue weighted by Crippen LogP contribution is 2.34. The molecule has 4 heterocycles. The molecule has 3 aromatic heterocycles. The van der Waals surface area contributed by atoms with Gasteiger partial charge >= 0.3 is 0 Å². The maximum Gasteiger partial charge on any atom is 0.231 e. The standard InChI is InChI=1S/C16H10BN5O2S/c17-9-1-4-14-18-11(7-21(14)6-9)15-19-20-16(25)22(15)10-2-3-12-13(5-10)24-8-23-12/h1-7H,8H2,(H,20,25). The van der Waals surface area contributed by atoms with E-state index in [-0.39, 0.29) is 6.79 Å². The number of nitrogens with zero attached hydrogens (tertiary/aromatic N) is 4. The molecule has 0 saturated carbocycles. The Morgan fingerprint density at radius 1 is 1.12 bits per heavy atom. The van der Waals surface area contributed by atoms with E-state index < -0.39 is 0 Å². The molecule has 0 fully saturated rings. The summed E-state index contributed by atoms with van der Waals surface area (Å²) < 4.78 is 14.9. The fourth-order valence-corrected chi connectivity index (χ4v) is 3.09. The van der Waals surface area contributed by atoms with Crippen molar-refractivity contribution < 1.29 is 9.47 Å². The summed E-state index contributed by atoms with van der Waals surface area (Å²) in [6.07, 6.45) is 3.66. The molecule has 0 saturated heterocycles. The molecule has 0 atom stereocenters. The van der Waals surface area contributed by atoms with Gasteiger partial charge in [0.25, 0.3) is 0 Å². The van der Waals surface area contributed by atoms with E-state index in [4.69, 9.17) is 29.5 Å². The summed E-state index contributed by atoms with van der Waals surface area (Å²) in [5, 5.41) is 7.17. The molecule has 1 N–H and O–H groups in total. The molecule has 0 aliphatic carbocycles. The van der Waals surface area contributed by atoms with Crippen LogP contribution < -0.4 is 14.9 Å². The Morgan fingerprint density at radius 3 is 2.92 bits per heavy atom. The third kappa shape index (κ3) is 2.24. The number of aromatic amines is 1. The summed E-state index contributed by atoms with van der Waals surface area (Å²) in [7, 11) is 5.83. The minimum absolute atomic E-state index is 0.219. The first kappa shape index (κ1) is 14.3. The SMILES string of the molecule is [B]c1ccc2nc(-c3n[nH]c(=S)n3-c3ccc4c(c3)OCO4)cn2c1. The number of H-pyrrole nitrogens is 1. The lowest BCUT2D eigenvalue weighted by atomic mass is 9.99. The van der Waals surface area contributed by atoms with Gasteiger partial charge in [0.15, 0.2) is 22.1 Å². The van der Waals surface area contributed by atoms with Crippen LogP contribution in [0.2, 0.25) is 0 Å². The Labute approximate surface area is 148 Å². The Morgan fingerprint density at radius 2 is 2.00 bits per heavy atom. The third-order valence-electron chi connectivity index (χ3n) is 3.99. The first-order chi connectivity index (χ1) is 12.2. The normalized spacial score (nSPS) is 12.8. The number of aromatic nitrogens is 5. The quantitative estimate of drug-likeness (QED) is 0.442. The average Bonchev–Trinajstić information content (AvgIpc) is 3.30. The van der Waals surface area contributed by atoms with Crippen molar-refractivity contribution in [2.24, 2.45) is 0 Å². The zero-order valence-corrected chi connectivity index (χ0v) is 13.7. The number of imidazole rings is 1. The smallest absolute Gasteiger partial charge is 0.231 e. The van der Waals surface area contributed by atoms with Gasteiger partial charge in [0.1, 0.15) is 19.2 Å². The molecular formula is C16H10BN5O2S. The van der Waals surface area contributed by atoms with Gasteiger partial charge in [0.05, 0.1) is 5.69 Å². The zero-order valence-electron chi connectivity index (χ0n) is 12.8. The minimum Gasteiger partial charge on any atom is -0.454 e. The van der Waals surface area contributed by atoms with E-state index in [9.17, 15) is 0 Å². The van der Waals surface area contributed by atoms with Crippen molar-refractivity contribution in [1.82, 2.24) is 24.1 Å². The number of nitrogens with one attached hydrogen (secondary N) is 1. The molecule has 7 nitrogen and oxygen atoms in total. The van der Waals surface area contributed by atoms with Gasteiger partial charge in [-0.25, -0.2) is 4.98 Å². The summed E-state index contributed by atoms with van der Waals surface area (Å²) in [4.78, 5) is 4.60. The number of hydrogen-bond acceptors (Lipinski definition) is 5. The van der Waals surface area contributed by atoms with E-state index in [0.29, 0.717) is 33.3 Å². The lowest BCUT2D eigenvalue weighted by Crippen LogP contribution is -2.03. The molecule has 0 bridgehead atoms. The fourth-order valence-electron chi connectivity index (χ4n) is 2.85. The van der Waals surface area contributed by atoms with E-state index in [0.717, 1.165) is 11.3 Å². The average molecular weight is 347 g/mol. The van der Waals surface area contributed by atoms with Crippen molar-refractivity contribution in [3.63, 3.8) is 0 Å². The minimum atomic E-state index is 0.219. The number of fused-ring (bicyclic) bond motifs is 2. The molecule has 120 valence electrons. The monoisotopic (exact) mass is 347 g/mol. The lowest BCUT2D eigenvalue weighted by molar-refractivity contribution is 0.174. The molecule has 25 heavy (non-hydrogen) atoms. The van der Waals surface area contributed by atoms with Crippen molar-refractivity contribution in [3.05, 3.63) is 47.5 Å². The van der Waals surface area contributed by atoms with Crippen molar-refractivity contribution in [1.29, 1.82) is 0 Å². The Kier molecular flexibility index (Phi) is 2.98. The van der Waals surface area contributed by atoms with Gasteiger partial charge in [0, 0.05) is 18.5 Å². The number of pyridine rings is 1. The molecule has 4 aromatic rings. The number of hydrogen-bond donors (Lipinski definition) is 1. The summed E-state index contributed by atoms with van der Waals surface area (Å²) in [6, 6.07) is 9.27. The van der Waals surface area contributed by atoms with Crippen LogP contribution in [0.1, 0.15) is 0 Å². The molecule has 1 aliphatic heterocycles. The summed E-state index contributed by atoms with van der Waals surface area (Å²) >= 11 is 5.40. The van der Waals surface area contributed by atoms with Crippen LogP contribution in [0.25, 0.3) is 22.9 Å². The molecule has 1 aromatic carbocycles. The van der Waals surface area contributed by atoms with Gasteiger partial charge < -0.3 is 13.9 Å². The Bertz CT molecular complexity index is 1180. The predicted molar refractivity (Wildman–Crippen MR) is 94.4 cm³/mol. The lowest BCUT2D eigenvalue weighted by Gasteiger charge is -2.06. The zero-order chi connectivity index (χ0) is 17.0. The van der Waals surface area contributed by atoms with Gasteiger partial charge in [-0.1, -0.05) is 11.5 Å². The van der Waals surface area contributed by atoms with Crippen molar-refractivity contribution in [2.45, 2.75) is 0 Å². The van der Waals surface area contributed by atoms with Crippen LogP contribution in [-0.2, 0) is 0 Å². The second-order valence-electron chi connectivity index (χ2n) is 5.58. The topological polar surface area (TPSA) is 69.4 Å². The van der Waals surface area contributed by atoms with Crippen LogP contribution in [0.15, 0.2) is 42.7 Å². The van der Waals surface area contributed by atoms with E-state index in [1.165, 1.54) is 0 Å². The van der Waals surface area contributed by atoms with E-state index in [1.807, 2.05) is 39.4 Å². The third-order valence-corrected chi connectivity index (χ3v) is 4.26. The fraction of sp³-hybridized carbons (Fsp3) is 0.0625. The van der Waals surface area contributed by atoms with Gasteiger partial charge in [-0.05, 0) is 30.4 Å².